The average molecular weight is 657 g/mol. The standard InChI is InChI=1S/C31H49ClN4O7S/c1-8-44(39,40)33-16-20-42-25-15-11-14-24-26(32)28(35(27(24)25)18-9-10-19-41-7)29(37)36(22(2)3)23-13-12-17-34(21-23)30(38)43-31(4,5)6/h11,14-15,22-23,33H,8-10,12-13,16-21H2,1-7H3/t23-/m1/s1. The minimum absolute atomic E-state index is 0.0170. The Balaban J connectivity index is 1.99. The van der Waals surface area contributed by atoms with Crippen LogP contribution in [0.1, 0.15) is 77.7 Å². The third-order valence-corrected chi connectivity index (χ3v) is 9.25. The molecule has 1 atom stereocenters. The first kappa shape index (κ1) is 35.9. The van der Waals surface area contributed by atoms with E-state index in [-0.39, 0.29) is 43.0 Å². The molecule has 0 spiro atoms. The van der Waals surface area contributed by atoms with Crippen LogP contribution in [-0.4, -0.2) is 98.2 Å². The number of hydrogen-bond acceptors (Lipinski definition) is 7. The number of piperidine rings is 1. The number of likely N-dealkylation sites (tertiary alicyclic amines) is 1. The number of unbranched alkanes of at least 4 members (excludes halogenated alkanes) is 1. The lowest BCUT2D eigenvalue weighted by molar-refractivity contribution is 0.00733. The minimum Gasteiger partial charge on any atom is -0.490 e. The Morgan fingerprint density at radius 1 is 1.18 bits per heavy atom. The number of rotatable bonds is 14. The summed E-state index contributed by atoms with van der Waals surface area (Å²) in [6.45, 7) is 13.3. The highest BCUT2D eigenvalue weighted by Gasteiger charge is 2.37. The van der Waals surface area contributed by atoms with Gasteiger partial charge in [0.2, 0.25) is 10.0 Å². The summed E-state index contributed by atoms with van der Waals surface area (Å²) in [6, 6.07) is 5.08. The summed E-state index contributed by atoms with van der Waals surface area (Å²) in [4.78, 5) is 31.0. The van der Waals surface area contributed by atoms with Gasteiger partial charge < -0.3 is 28.6 Å². The van der Waals surface area contributed by atoms with Gasteiger partial charge in [0, 0.05) is 51.3 Å². The molecule has 1 aliphatic rings. The molecule has 3 rings (SSSR count). The largest absolute Gasteiger partial charge is 0.490 e. The van der Waals surface area contributed by atoms with Crippen LogP contribution in [0.4, 0.5) is 4.79 Å². The van der Waals surface area contributed by atoms with E-state index < -0.39 is 15.6 Å². The van der Waals surface area contributed by atoms with E-state index in [0.29, 0.717) is 53.6 Å². The summed E-state index contributed by atoms with van der Waals surface area (Å²) in [7, 11) is -1.70. The number of aromatic nitrogens is 1. The first-order chi connectivity index (χ1) is 20.7. The molecule has 0 radical (unpaired) electrons. The molecule has 13 heteroatoms. The van der Waals surface area contributed by atoms with Crippen molar-refractivity contribution < 1.29 is 32.2 Å². The highest BCUT2D eigenvalue weighted by Crippen LogP contribution is 2.38. The van der Waals surface area contributed by atoms with Crippen LogP contribution in [0.15, 0.2) is 18.2 Å². The predicted molar refractivity (Wildman–Crippen MR) is 173 cm³/mol. The fourth-order valence-corrected chi connectivity index (χ4v) is 6.41. The summed E-state index contributed by atoms with van der Waals surface area (Å²) in [5.74, 6) is 0.276. The molecule has 2 amide bonds. The zero-order valence-corrected chi connectivity index (χ0v) is 28.7. The van der Waals surface area contributed by atoms with E-state index in [1.165, 1.54) is 0 Å². The number of para-hydroxylation sites is 1. The molecular formula is C31H49ClN4O7S. The fraction of sp³-hybridized carbons (Fsp3) is 0.677. The van der Waals surface area contributed by atoms with Crippen molar-refractivity contribution in [3.63, 3.8) is 0 Å². The fourth-order valence-electron chi connectivity index (χ4n) is 5.48. The second-order valence-electron chi connectivity index (χ2n) is 12.3. The number of amides is 2. The second-order valence-corrected chi connectivity index (χ2v) is 14.8. The van der Waals surface area contributed by atoms with Crippen LogP contribution in [0.3, 0.4) is 0 Å². The SMILES string of the molecule is CCS(=O)(=O)NCCOc1cccc2c(Cl)c(C(=O)N(C(C)C)[C@@H]3CCCN(C(=O)OC(C)(C)C)C3)n(CCCCOC)c12. The van der Waals surface area contributed by atoms with E-state index in [9.17, 15) is 18.0 Å². The first-order valence-corrected chi connectivity index (χ1v) is 17.4. The summed E-state index contributed by atoms with van der Waals surface area (Å²) in [5.41, 5.74) is 0.429. The minimum atomic E-state index is -3.35. The van der Waals surface area contributed by atoms with Gasteiger partial charge in [-0.05, 0) is 73.3 Å². The number of nitrogens with zero attached hydrogens (tertiary/aromatic N) is 3. The lowest BCUT2D eigenvalue weighted by Gasteiger charge is -2.41. The maximum atomic E-state index is 14.5. The molecule has 1 saturated heterocycles. The maximum Gasteiger partial charge on any atom is 0.410 e. The Labute approximate surface area is 267 Å². The number of benzene rings is 1. The van der Waals surface area contributed by atoms with Crippen molar-refractivity contribution in [3.05, 3.63) is 28.9 Å². The molecule has 44 heavy (non-hydrogen) atoms. The zero-order chi connectivity index (χ0) is 32.7. The highest BCUT2D eigenvalue weighted by molar-refractivity contribution is 7.89. The van der Waals surface area contributed by atoms with Gasteiger partial charge in [-0.2, -0.15) is 0 Å². The molecule has 1 N–H and O–H groups in total. The maximum absolute atomic E-state index is 14.5. The number of carbonyl (C=O) groups excluding carboxylic acids is 2. The smallest absolute Gasteiger partial charge is 0.410 e. The van der Waals surface area contributed by atoms with E-state index in [0.717, 1.165) is 25.7 Å². The Bertz CT molecular complexity index is 1390. The van der Waals surface area contributed by atoms with Crippen LogP contribution in [0.25, 0.3) is 10.9 Å². The van der Waals surface area contributed by atoms with E-state index >= 15 is 0 Å². The predicted octanol–water partition coefficient (Wildman–Crippen LogP) is 5.29. The number of methoxy groups -OCH3 is 1. The van der Waals surface area contributed by atoms with Crippen molar-refractivity contribution in [3.8, 4) is 5.75 Å². The molecule has 1 aromatic carbocycles. The Morgan fingerprint density at radius 2 is 1.91 bits per heavy atom. The van der Waals surface area contributed by atoms with Gasteiger partial charge in [-0.15, -0.1) is 0 Å². The molecule has 0 aliphatic carbocycles. The van der Waals surface area contributed by atoms with E-state index in [1.807, 2.05) is 56.2 Å². The van der Waals surface area contributed by atoms with Crippen LogP contribution in [0, 0.1) is 0 Å². The number of fused-ring (bicyclic) bond motifs is 1. The monoisotopic (exact) mass is 656 g/mol. The number of halogens is 1. The van der Waals surface area contributed by atoms with Gasteiger partial charge in [0.25, 0.3) is 5.91 Å². The van der Waals surface area contributed by atoms with Crippen LogP contribution in [0.5, 0.6) is 5.75 Å². The Kier molecular flexibility index (Phi) is 12.8. The van der Waals surface area contributed by atoms with Gasteiger partial charge in [-0.25, -0.2) is 17.9 Å². The second kappa shape index (κ2) is 15.6. The first-order valence-electron chi connectivity index (χ1n) is 15.4. The van der Waals surface area contributed by atoms with Crippen LogP contribution >= 0.6 is 11.6 Å². The lowest BCUT2D eigenvalue weighted by atomic mass is 10.0. The van der Waals surface area contributed by atoms with Gasteiger partial charge in [-0.3, -0.25) is 4.79 Å². The summed E-state index contributed by atoms with van der Waals surface area (Å²) in [5, 5.41) is 1.01. The van der Waals surface area contributed by atoms with Gasteiger partial charge in [0.1, 0.15) is 23.7 Å². The molecule has 1 aromatic heterocycles. The molecular weight excluding hydrogens is 608 g/mol. The van der Waals surface area contributed by atoms with Crippen molar-refractivity contribution in [1.29, 1.82) is 0 Å². The van der Waals surface area contributed by atoms with Crippen molar-refractivity contribution in [2.45, 2.75) is 91.5 Å². The van der Waals surface area contributed by atoms with Crippen molar-refractivity contribution in [1.82, 2.24) is 19.1 Å². The number of sulfonamides is 1. The van der Waals surface area contributed by atoms with E-state index in [4.69, 9.17) is 25.8 Å². The number of aryl methyl sites for hydroxylation is 1. The third kappa shape index (κ3) is 9.24. The molecule has 11 nitrogen and oxygen atoms in total. The van der Waals surface area contributed by atoms with Gasteiger partial charge in [-0.1, -0.05) is 23.7 Å². The topological polar surface area (TPSA) is 119 Å². The number of ether oxygens (including phenoxy) is 3. The molecule has 1 fully saturated rings. The van der Waals surface area contributed by atoms with Crippen LogP contribution in [-0.2, 0) is 26.0 Å². The zero-order valence-electron chi connectivity index (χ0n) is 27.2. The average Bonchev–Trinajstić information content (AvgIpc) is 3.24. The van der Waals surface area contributed by atoms with Gasteiger partial charge in [0.05, 0.1) is 22.3 Å². The number of nitrogens with one attached hydrogen (secondary N) is 1. The van der Waals surface area contributed by atoms with Crippen molar-refractivity contribution >= 4 is 44.5 Å². The van der Waals surface area contributed by atoms with Crippen molar-refractivity contribution in [2.24, 2.45) is 0 Å². The van der Waals surface area contributed by atoms with Gasteiger partial charge >= 0.3 is 6.09 Å². The van der Waals surface area contributed by atoms with Crippen LogP contribution < -0.4 is 9.46 Å². The highest BCUT2D eigenvalue weighted by atomic mass is 35.5. The Hall–Kier alpha value is -2.54. The quantitative estimate of drug-likeness (QED) is 0.275. The molecule has 2 aromatic rings. The number of carbonyl (C=O) groups is 2. The Morgan fingerprint density at radius 3 is 2.55 bits per heavy atom. The third-order valence-electron chi connectivity index (χ3n) is 7.46. The molecule has 248 valence electrons. The normalized spacial score (nSPS) is 16.0. The molecule has 0 unspecified atom stereocenters. The molecule has 0 saturated carbocycles. The summed E-state index contributed by atoms with van der Waals surface area (Å²) < 4.78 is 45.1. The molecule has 0 bridgehead atoms. The van der Waals surface area contributed by atoms with Gasteiger partial charge in [0.15, 0.2) is 0 Å². The summed E-state index contributed by atoms with van der Waals surface area (Å²) in [6.07, 6.45) is 2.62. The van der Waals surface area contributed by atoms with E-state index in [1.54, 1.807) is 25.0 Å². The lowest BCUT2D eigenvalue weighted by Crippen LogP contribution is -2.54. The summed E-state index contributed by atoms with van der Waals surface area (Å²) >= 11 is 7.02. The molecule has 2 heterocycles. The van der Waals surface area contributed by atoms with Crippen molar-refractivity contribution in [2.75, 3.05) is 45.7 Å². The van der Waals surface area contributed by atoms with Crippen LogP contribution in [0.2, 0.25) is 5.02 Å². The number of hydrogen-bond donors (Lipinski definition) is 1. The van der Waals surface area contributed by atoms with E-state index in [2.05, 4.69) is 4.72 Å². The molecule has 1 aliphatic heterocycles.